The Balaban J connectivity index is 1.42. The lowest BCUT2D eigenvalue weighted by Gasteiger charge is -2.24. The number of hydrogen-bond donors (Lipinski definition) is 1. The second-order valence-corrected chi connectivity index (χ2v) is 11.2. The lowest BCUT2D eigenvalue weighted by molar-refractivity contribution is -0.128. The number of aromatic nitrogens is 2. The van der Waals surface area contributed by atoms with Crippen LogP contribution in [0.4, 0.5) is 5.13 Å². The molecule has 0 saturated carbocycles. The number of benzene rings is 2. The Kier molecular flexibility index (Phi) is 6.94. The zero-order valence-corrected chi connectivity index (χ0v) is 19.6. The van der Waals surface area contributed by atoms with Crippen LogP contribution in [0.2, 0.25) is 0 Å². The van der Waals surface area contributed by atoms with Gasteiger partial charge in [-0.1, -0.05) is 79.4 Å². The van der Waals surface area contributed by atoms with E-state index in [-0.39, 0.29) is 17.2 Å². The molecule has 0 radical (unpaired) electrons. The van der Waals surface area contributed by atoms with Gasteiger partial charge in [0.05, 0.1) is 5.75 Å². The average molecular weight is 471 g/mol. The average Bonchev–Trinajstić information content (AvgIpc) is 3.35. The van der Waals surface area contributed by atoms with Crippen molar-refractivity contribution in [3.8, 4) is 0 Å². The van der Waals surface area contributed by atoms with E-state index in [9.17, 15) is 9.59 Å². The molecule has 6 nitrogen and oxygen atoms in total. The van der Waals surface area contributed by atoms with Gasteiger partial charge in [0.1, 0.15) is 5.37 Å². The molecule has 0 bridgehead atoms. The summed E-state index contributed by atoms with van der Waals surface area (Å²) in [6.45, 7) is 4.75. The fourth-order valence-corrected chi connectivity index (χ4v) is 6.32. The summed E-state index contributed by atoms with van der Waals surface area (Å²) in [4.78, 5) is 26.9. The number of nitrogens with zero attached hydrogens (tertiary/aromatic N) is 3. The first kappa shape index (κ1) is 21.9. The third-order valence-corrected chi connectivity index (χ3v) is 7.77. The largest absolute Gasteiger partial charge is 0.322 e. The van der Waals surface area contributed by atoms with Gasteiger partial charge in [-0.3, -0.25) is 14.9 Å². The van der Waals surface area contributed by atoms with Crippen molar-refractivity contribution in [1.82, 2.24) is 15.1 Å². The Bertz CT molecular complexity index is 1050. The zero-order chi connectivity index (χ0) is 21.8. The van der Waals surface area contributed by atoms with Crippen LogP contribution >= 0.6 is 34.9 Å². The van der Waals surface area contributed by atoms with Gasteiger partial charge in [-0.25, -0.2) is 0 Å². The lowest BCUT2D eigenvalue weighted by atomic mass is 10.1. The fraction of sp³-hybridized carbons (Fsp3) is 0.273. The van der Waals surface area contributed by atoms with E-state index in [0.29, 0.717) is 28.2 Å². The highest BCUT2D eigenvalue weighted by Gasteiger charge is 2.32. The highest BCUT2D eigenvalue weighted by molar-refractivity contribution is 8.01. The number of carbonyl (C=O) groups is 2. The molecule has 1 aliphatic heterocycles. The number of nitrogens with one attached hydrogen (secondary N) is 1. The molecule has 1 atom stereocenters. The van der Waals surface area contributed by atoms with Gasteiger partial charge in [-0.05, 0) is 23.3 Å². The van der Waals surface area contributed by atoms with Crippen LogP contribution in [0, 0.1) is 0 Å². The molecule has 31 heavy (non-hydrogen) atoms. The van der Waals surface area contributed by atoms with Crippen LogP contribution in [-0.2, 0) is 11.3 Å². The van der Waals surface area contributed by atoms with Crippen molar-refractivity contribution >= 4 is 51.8 Å². The number of amides is 2. The van der Waals surface area contributed by atoms with Gasteiger partial charge in [0.2, 0.25) is 11.0 Å². The second-order valence-electron chi connectivity index (χ2n) is 7.29. The number of rotatable bonds is 7. The first-order chi connectivity index (χ1) is 15.0. The molecule has 1 aliphatic rings. The van der Waals surface area contributed by atoms with E-state index in [1.165, 1.54) is 11.3 Å². The Labute approximate surface area is 193 Å². The monoisotopic (exact) mass is 470 g/mol. The Morgan fingerprint density at radius 3 is 2.61 bits per heavy atom. The van der Waals surface area contributed by atoms with Crippen LogP contribution < -0.4 is 5.32 Å². The van der Waals surface area contributed by atoms with Crippen LogP contribution in [-0.4, -0.2) is 37.9 Å². The summed E-state index contributed by atoms with van der Waals surface area (Å²) in [6.07, 6.45) is 0. The van der Waals surface area contributed by atoms with E-state index in [0.717, 1.165) is 15.5 Å². The quantitative estimate of drug-likeness (QED) is 0.384. The fourth-order valence-electron chi connectivity index (χ4n) is 3.16. The molecule has 1 N–H and O–H groups in total. The van der Waals surface area contributed by atoms with E-state index < -0.39 is 0 Å². The second kappa shape index (κ2) is 9.84. The molecule has 160 valence electrons. The number of anilines is 1. The molecule has 1 fully saturated rings. The van der Waals surface area contributed by atoms with Crippen LogP contribution in [0.3, 0.4) is 0 Å². The first-order valence-corrected chi connectivity index (χ1v) is 12.6. The van der Waals surface area contributed by atoms with Crippen LogP contribution in [0.5, 0.6) is 0 Å². The third-order valence-electron chi connectivity index (χ3n) is 4.59. The summed E-state index contributed by atoms with van der Waals surface area (Å²) in [5, 5.41) is 11.8. The SMILES string of the molecule is CC(C)Sc1nnc(NC(=O)c2ccc(C3SCC(=O)N3Cc3ccccc3)cc2)s1. The van der Waals surface area contributed by atoms with E-state index in [1.54, 1.807) is 35.7 Å². The topological polar surface area (TPSA) is 75.2 Å². The summed E-state index contributed by atoms with van der Waals surface area (Å²) in [7, 11) is 0. The number of hydrogen-bond acceptors (Lipinski definition) is 7. The van der Waals surface area contributed by atoms with Gasteiger partial charge in [0.15, 0.2) is 4.34 Å². The summed E-state index contributed by atoms with van der Waals surface area (Å²) < 4.78 is 0.835. The summed E-state index contributed by atoms with van der Waals surface area (Å²) in [6, 6.07) is 17.4. The molecule has 1 aromatic heterocycles. The minimum atomic E-state index is -0.222. The van der Waals surface area contributed by atoms with Crippen molar-refractivity contribution < 1.29 is 9.59 Å². The molecule has 9 heteroatoms. The minimum Gasteiger partial charge on any atom is -0.322 e. The predicted octanol–water partition coefficient (Wildman–Crippen LogP) is 5.07. The summed E-state index contributed by atoms with van der Waals surface area (Å²) in [5.74, 6) is 0.375. The van der Waals surface area contributed by atoms with Gasteiger partial charge in [-0.2, -0.15) is 0 Å². The lowest BCUT2D eigenvalue weighted by Crippen LogP contribution is -2.27. The minimum absolute atomic E-state index is 0.0522. The zero-order valence-electron chi connectivity index (χ0n) is 17.1. The van der Waals surface area contributed by atoms with Crippen molar-refractivity contribution in [3.63, 3.8) is 0 Å². The maximum absolute atomic E-state index is 12.6. The Morgan fingerprint density at radius 1 is 1.16 bits per heavy atom. The van der Waals surface area contributed by atoms with Gasteiger partial charge in [0, 0.05) is 17.4 Å². The highest BCUT2D eigenvalue weighted by atomic mass is 32.2. The smallest absolute Gasteiger partial charge is 0.257 e. The molecule has 4 rings (SSSR count). The maximum Gasteiger partial charge on any atom is 0.257 e. The third kappa shape index (κ3) is 5.47. The molecule has 2 amide bonds. The molecule has 1 saturated heterocycles. The van der Waals surface area contributed by atoms with Gasteiger partial charge < -0.3 is 4.90 Å². The Morgan fingerprint density at radius 2 is 1.90 bits per heavy atom. The molecule has 0 spiro atoms. The van der Waals surface area contributed by atoms with Crippen LogP contribution in [0.1, 0.15) is 40.7 Å². The molecule has 0 aliphatic carbocycles. The number of carbonyl (C=O) groups excluding carboxylic acids is 2. The summed E-state index contributed by atoms with van der Waals surface area (Å²) >= 11 is 4.60. The standard InChI is InChI=1S/C22H22N4O2S3/c1-14(2)30-22-25-24-21(31-22)23-19(28)16-8-10-17(11-9-16)20-26(18(27)13-29-20)12-15-6-4-3-5-7-15/h3-11,14,20H,12-13H2,1-2H3,(H,23,24,28). The highest BCUT2D eigenvalue weighted by Crippen LogP contribution is 2.39. The van der Waals surface area contributed by atoms with Crippen molar-refractivity contribution in [1.29, 1.82) is 0 Å². The van der Waals surface area contributed by atoms with Crippen LogP contribution in [0.15, 0.2) is 58.9 Å². The van der Waals surface area contributed by atoms with E-state index in [2.05, 4.69) is 29.4 Å². The molecule has 2 heterocycles. The predicted molar refractivity (Wildman–Crippen MR) is 127 cm³/mol. The van der Waals surface area contributed by atoms with Gasteiger partial charge in [-0.15, -0.1) is 22.0 Å². The molecule has 1 unspecified atom stereocenters. The van der Waals surface area contributed by atoms with Crippen LogP contribution in [0.25, 0.3) is 0 Å². The first-order valence-electron chi connectivity index (χ1n) is 9.86. The molecular formula is C22H22N4O2S3. The molecule has 3 aromatic rings. The van der Waals surface area contributed by atoms with Gasteiger partial charge >= 0.3 is 0 Å². The van der Waals surface area contributed by atoms with Crippen molar-refractivity contribution in [2.24, 2.45) is 0 Å². The van der Waals surface area contributed by atoms with Crippen molar-refractivity contribution in [2.75, 3.05) is 11.1 Å². The van der Waals surface area contributed by atoms with E-state index >= 15 is 0 Å². The molecule has 2 aromatic carbocycles. The molecular weight excluding hydrogens is 448 g/mol. The normalized spacial score (nSPS) is 16.2. The van der Waals surface area contributed by atoms with E-state index in [4.69, 9.17) is 0 Å². The van der Waals surface area contributed by atoms with Gasteiger partial charge in [0.25, 0.3) is 5.91 Å². The summed E-state index contributed by atoms with van der Waals surface area (Å²) in [5.41, 5.74) is 2.65. The Hall–Kier alpha value is -2.36. The van der Waals surface area contributed by atoms with Crippen molar-refractivity contribution in [3.05, 3.63) is 71.3 Å². The van der Waals surface area contributed by atoms with E-state index in [1.807, 2.05) is 47.4 Å². The number of thioether (sulfide) groups is 2. The maximum atomic E-state index is 12.6. The van der Waals surface area contributed by atoms with Crippen molar-refractivity contribution in [2.45, 2.75) is 35.4 Å².